The number of rotatable bonds is 4. The van der Waals surface area contributed by atoms with Crippen molar-refractivity contribution in [3.8, 4) is 5.75 Å². The Kier molecular flexibility index (Phi) is 5.11. The molecule has 0 saturated heterocycles. The van der Waals surface area contributed by atoms with Crippen molar-refractivity contribution >= 4 is 33.2 Å². The lowest BCUT2D eigenvalue weighted by atomic mass is 10.1. The number of aryl methyl sites for hydroxylation is 1. The summed E-state index contributed by atoms with van der Waals surface area (Å²) in [7, 11) is -3.54. The lowest BCUT2D eigenvalue weighted by Gasteiger charge is -2.34. The molecule has 26 heavy (non-hydrogen) atoms. The van der Waals surface area contributed by atoms with Crippen LogP contribution < -0.4 is 14.4 Å². The third kappa shape index (κ3) is 3.94. The Morgan fingerprint density at radius 1 is 1.31 bits per heavy atom. The minimum atomic E-state index is -3.54. The van der Waals surface area contributed by atoms with Gasteiger partial charge in [-0.1, -0.05) is 35.9 Å². The molecule has 0 spiro atoms. The number of carbonyl (C=O) groups is 1. The molecule has 1 aliphatic heterocycles. The maximum atomic E-state index is 12.5. The molecular formula is C18H19ClN2O4S. The van der Waals surface area contributed by atoms with Crippen LogP contribution in [0.4, 0.5) is 5.69 Å². The molecule has 0 bridgehead atoms. The van der Waals surface area contributed by atoms with Crippen molar-refractivity contribution in [3.05, 3.63) is 58.6 Å². The molecule has 3 rings (SSSR count). The highest BCUT2D eigenvalue weighted by atomic mass is 35.5. The van der Waals surface area contributed by atoms with Crippen molar-refractivity contribution < 1.29 is 17.9 Å². The van der Waals surface area contributed by atoms with Gasteiger partial charge in [-0.05, 0) is 36.2 Å². The SMILES string of the molecule is Cc1ccc2c(c1)N(S(C)(=O)=O)C[C@H](C(=O)NCc1ccccc1Cl)O2. The first-order valence-corrected chi connectivity index (χ1v) is 10.2. The van der Waals surface area contributed by atoms with Crippen molar-refractivity contribution in [3.63, 3.8) is 0 Å². The van der Waals surface area contributed by atoms with E-state index in [1.165, 1.54) is 4.31 Å². The molecule has 0 radical (unpaired) electrons. The first-order chi connectivity index (χ1) is 12.3. The summed E-state index contributed by atoms with van der Waals surface area (Å²) in [5.74, 6) is -0.0324. The number of amides is 1. The fourth-order valence-electron chi connectivity index (χ4n) is 2.75. The Morgan fingerprint density at radius 3 is 2.73 bits per heavy atom. The van der Waals surface area contributed by atoms with E-state index >= 15 is 0 Å². The molecule has 2 aromatic rings. The number of ether oxygens (including phenoxy) is 1. The van der Waals surface area contributed by atoms with Gasteiger partial charge in [-0.25, -0.2) is 8.42 Å². The monoisotopic (exact) mass is 394 g/mol. The molecule has 0 aliphatic carbocycles. The Bertz CT molecular complexity index is 946. The van der Waals surface area contributed by atoms with E-state index in [0.717, 1.165) is 17.4 Å². The third-order valence-electron chi connectivity index (χ3n) is 4.09. The standard InChI is InChI=1S/C18H19ClN2O4S/c1-12-7-8-16-15(9-12)21(26(2,23)24)11-17(25-16)18(22)20-10-13-5-3-4-6-14(13)19/h3-9,17H,10-11H2,1-2H3,(H,20,22)/t17-/m1/s1. The molecule has 0 saturated carbocycles. The third-order valence-corrected chi connectivity index (χ3v) is 5.60. The maximum absolute atomic E-state index is 12.5. The number of nitrogens with one attached hydrogen (secondary N) is 1. The zero-order valence-electron chi connectivity index (χ0n) is 14.4. The average molecular weight is 395 g/mol. The van der Waals surface area contributed by atoms with E-state index < -0.39 is 22.0 Å². The van der Waals surface area contributed by atoms with Gasteiger partial charge in [0.15, 0.2) is 6.10 Å². The highest BCUT2D eigenvalue weighted by Gasteiger charge is 2.35. The quantitative estimate of drug-likeness (QED) is 0.864. The van der Waals surface area contributed by atoms with Gasteiger partial charge in [0.2, 0.25) is 10.0 Å². The number of sulfonamides is 1. The number of hydrogen-bond donors (Lipinski definition) is 1. The van der Waals surface area contributed by atoms with Crippen LogP contribution in [0, 0.1) is 6.92 Å². The topological polar surface area (TPSA) is 75.7 Å². The fourth-order valence-corrected chi connectivity index (χ4v) is 3.86. The summed E-state index contributed by atoms with van der Waals surface area (Å²) in [5.41, 5.74) is 2.12. The Hall–Kier alpha value is -2.25. The molecule has 1 aliphatic rings. The van der Waals surface area contributed by atoms with Gasteiger partial charge in [0, 0.05) is 11.6 Å². The number of nitrogens with zero attached hydrogens (tertiary/aromatic N) is 1. The van der Waals surface area contributed by atoms with Crippen LogP contribution in [0.2, 0.25) is 5.02 Å². The zero-order chi connectivity index (χ0) is 18.9. The summed E-state index contributed by atoms with van der Waals surface area (Å²) in [5, 5.41) is 3.31. The first-order valence-electron chi connectivity index (χ1n) is 8.02. The van der Waals surface area contributed by atoms with E-state index in [1.54, 1.807) is 24.3 Å². The normalized spacial score (nSPS) is 16.6. The predicted octanol–water partition coefficient (Wildman–Crippen LogP) is 2.49. The van der Waals surface area contributed by atoms with E-state index in [2.05, 4.69) is 5.32 Å². The van der Waals surface area contributed by atoms with Crippen LogP contribution in [0.15, 0.2) is 42.5 Å². The minimum Gasteiger partial charge on any atom is -0.476 e. The number of hydrogen-bond acceptors (Lipinski definition) is 4. The minimum absolute atomic E-state index is 0.0797. The van der Waals surface area contributed by atoms with Crippen LogP contribution >= 0.6 is 11.6 Å². The highest BCUT2D eigenvalue weighted by Crippen LogP contribution is 2.35. The smallest absolute Gasteiger partial charge is 0.263 e. The average Bonchev–Trinajstić information content (AvgIpc) is 2.59. The van der Waals surface area contributed by atoms with E-state index in [-0.39, 0.29) is 13.1 Å². The molecule has 1 atom stereocenters. The zero-order valence-corrected chi connectivity index (χ0v) is 16.0. The van der Waals surface area contributed by atoms with Crippen LogP contribution in [-0.2, 0) is 21.4 Å². The van der Waals surface area contributed by atoms with Crippen LogP contribution in [0.1, 0.15) is 11.1 Å². The van der Waals surface area contributed by atoms with Gasteiger partial charge in [-0.2, -0.15) is 0 Å². The molecule has 6 nitrogen and oxygen atoms in total. The molecule has 1 heterocycles. The largest absolute Gasteiger partial charge is 0.476 e. The fraction of sp³-hybridized carbons (Fsp3) is 0.278. The van der Waals surface area contributed by atoms with Crippen molar-refractivity contribution in [2.24, 2.45) is 0 Å². The van der Waals surface area contributed by atoms with E-state index in [4.69, 9.17) is 16.3 Å². The second kappa shape index (κ2) is 7.17. The van der Waals surface area contributed by atoms with Crippen molar-refractivity contribution in [1.29, 1.82) is 0 Å². The summed E-state index contributed by atoms with van der Waals surface area (Å²) >= 11 is 6.09. The number of fused-ring (bicyclic) bond motifs is 1. The van der Waals surface area contributed by atoms with Crippen molar-refractivity contribution in [2.45, 2.75) is 19.6 Å². The number of anilines is 1. The Balaban J connectivity index is 1.80. The molecule has 138 valence electrons. The van der Waals surface area contributed by atoms with E-state index in [0.29, 0.717) is 16.5 Å². The molecule has 0 fully saturated rings. The molecule has 1 amide bonds. The van der Waals surface area contributed by atoms with Gasteiger partial charge in [0.1, 0.15) is 5.75 Å². The molecule has 0 unspecified atom stereocenters. The lowest BCUT2D eigenvalue weighted by molar-refractivity contribution is -0.127. The predicted molar refractivity (Wildman–Crippen MR) is 101 cm³/mol. The summed E-state index contributed by atoms with van der Waals surface area (Å²) < 4.78 is 31.3. The van der Waals surface area contributed by atoms with E-state index in [1.807, 2.05) is 25.1 Å². The van der Waals surface area contributed by atoms with Gasteiger partial charge in [0.05, 0.1) is 18.5 Å². The summed E-state index contributed by atoms with van der Waals surface area (Å²) in [6, 6.07) is 12.4. The second-order valence-corrected chi connectivity index (χ2v) is 8.49. The number of carbonyl (C=O) groups excluding carboxylic acids is 1. The van der Waals surface area contributed by atoms with Crippen LogP contribution in [0.3, 0.4) is 0 Å². The number of benzene rings is 2. The van der Waals surface area contributed by atoms with Crippen molar-refractivity contribution in [1.82, 2.24) is 5.32 Å². The molecule has 0 aromatic heterocycles. The van der Waals surface area contributed by atoms with Gasteiger partial charge in [0.25, 0.3) is 5.91 Å². The molecule has 2 aromatic carbocycles. The summed E-state index contributed by atoms with van der Waals surface area (Å²) in [6.45, 7) is 2.02. The summed E-state index contributed by atoms with van der Waals surface area (Å²) in [4.78, 5) is 12.5. The molecule has 8 heteroatoms. The lowest BCUT2D eigenvalue weighted by Crippen LogP contribution is -2.50. The van der Waals surface area contributed by atoms with Gasteiger partial charge < -0.3 is 10.1 Å². The van der Waals surface area contributed by atoms with Gasteiger partial charge in [-0.3, -0.25) is 9.10 Å². The Labute approximate surface area is 157 Å². The van der Waals surface area contributed by atoms with Gasteiger partial charge >= 0.3 is 0 Å². The highest BCUT2D eigenvalue weighted by molar-refractivity contribution is 7.92. The Morgan fingerprint density at radius 2 is 2.04 bits per heavy atom. The summed E-state index contributed by atoms with van der Waals surface area (Å²) in [6.07, 6.45) is 0.172. The van der Waals surface area contributed by atoms with Crippen LogP contribution in [-0.4, -0.2) is 33.2 Å². The number of halogens is 1. The van der Waals surface area contributed by atoms with E-state index in [9.17, 15) is 13.2 Å². The maximum Gasteiger partial charge on any atom is 0.263 e. The first kappa shape index (κ1) is 18.5. The van der Waals surface area contributed by atoms with Crippen molar-refractivity contribution in [2.75, 3.05) is 17.1 Å². The molecular weight excluding hydrogens is 376 g/mol. The second-order valence-electron chi connectivity index (χ2n) is 6.18. The van der Waals surface area contributed by atoms with Gasteiger partial charge in [-0.15, -0.1) is 0 Å². The molecule has 1 N–H and O–H groups in total. The van der Waals surface area contributed by atoms with Crippen LogP contribution in [0.5, 0.6) is 5.75 Å². The van der Waals surface area contributed by atoms with Crippen LogP contribution in [0.25, 0.3) is 0 Å².